The summed E-state index contributed by atoms with van der Waals surface area (Å²) in [5, 5.41) is 18.4. The highest BCUT2D eigenvalue weighted by atomic mass is 35.5. The number of benzene rings is 2. The number of ether oxygens (including phenoxy) is 3. The average molecular weight is 528 g/mol. The molecule has 0 spiro atoms. The standard InChI is InChI=1S/C24H22ClN5O7/c1-13-8-21(30-37-13)29-24(33)28-17-6-5-14(9-16(17)25)36-23-15-10-19(34-2)20(11-18(15)26-12-27-23)35-7-3-4-22(31)32/h5-6,8-12H,3-4,7H2,1-2H3,(H,31,32)(H2,28,29,30,33). The normalized spacial score (nSPS) is 10.7. The van der Waals surface area contributed by atoms with Crippen LogP contribution in [-0.4, -0.2) is 45.9 Å². The summed E-state index contributed by atoms with van der Waals surface area (Å²) < 4.78 is 22.0. The number of nitrogens with one attached hydrogen (secondary N) is 2. The molecule has 2 heterocycles. The van der Waals surface area contributed by atoms with Gasteiger partial charge in [-0.2, -0.15) is 0 Å². The minimum Gasteiger partial charge on any atom is -0.493 e. The molecule has 13 heteroatoms. The Labute approximate surface area is 215 Å². The first-order valence-electron chi connectivity index (χ1n) is 11.0. The Kier molecular flexibility index (Phi) is 7.89. The molecule has 4 rings (SSSR count). The third kappa shape index (κ3) is 6.55. The van der Waals surface area contributed by atoms with Crippen LogP contribution in [0.25, 0.3) is 10.9 Å². The quantitative estimate of drug-likeness (QED) is 0.232. The number of carbonyl (C=O) groups is 2. The molecule has 192 valence electrons. The number of hydrogen-bond donors (Lipinski definition) is 3. The summed E-state index contributed by atoms with van der Waals surface area (Å²) in [7, 11) is 1.49. The molecule has 0 saturated heterocycles. The van der Waals surface area contributed by atoms with Gasteiger partial charge in [-0.3, -0.25) is 10.1 Å². The van der Waals surface area contributed by atoms with Gasteiger partial charge in [0.05, 0.1) is 35.3 Å². The largest absolute Gasteiger partial charge is 0.493 e. The molecule has 2 aromatic heterocycles. The summed E-state index contributed by atoms with van der Waals surface area (Å²) in [5.41, 5.74) is 0.883. The molecule has 0 aliphatic carbocycles. The molecule has 2 aromatic carbocycles. The summed E-state index contributed by atoms with van der Waals surface area (Å²) in [6.07, 6.45) is 1.69. The van der Waals surface area contributed by atoms with Crippen LogP contribution in [0.4, 0.5) is 16.3 Å². The maximum Gasteiger partial charge on any atom is 0.324 e. The maximum absolute atomic E-state index is 12.2. The second-order valence-electron chi connectivity index (χ2n) is 7.69. The maximum atomic E-state index is 12.2. The van der Waals surface area contributed by atoms with Crippen LogP contribution < -0.4 is 24.8 Å². The highest BCUT2D eigenvalue weighted by molar-refractivity contribution is 6.34. The Morgan fingerprint density at radius 3 is 2.65 bits per heavy atom. The average Bonchev–Trinajstić information content (AvgIpc) is 3.27. The topological polar surface area (TPSA) is 158 Å². The van der Waals surface area contributed by atoms with Crippen molar-refractivity contribution in [2.45, 2.75) is 19.8 Å². The first-order chi connectivity index (χ1) is 17.8. The van der Waals surface area contributed by atoms with E-state index in [1.807, 2.05) is 0 Å². The van der Waals surface area contributed by atoms with Crippen molar-refractivity contribution in [1.82, 2.24) is 15.1 Å². The van der Waals surface area contributed by atoms with Gasteiger partial charge in [0.15, 0.2) is 17.3 Å². The smallest absolute Gasteiger partial charge is 0.324 e. The summed E-state index contributed by atoms with van der Waals surface area (Å²) in [4.78, 5) is 31.4. The zero-order valence-electron chi connectivity index (χ0n) is 19.8. The molecule has 0 saturated carbocycles. The lowest BCUT2D eigenvalue weighted by Gasteiger charge is -2.14. The molecule has 0 radical (unpaired) electrons. The van der Waals surface area contributed by atoms with E-state index in [9.17, 15) is 9.59 Å². The van der Waals surface area contributed by atoms with Crippen molar-refractivity contribution in [3.05, 3.63) is 53.5 Å². The number of urea groups is 1. The minimum absolute atomic E-state index is 0.00110. The molecule has 0 unspecified atom stereocenters. The number of halogens is 1. The number of aryl methyl sites for hydroxylation is 1. The summed E-state index contributed by atoms with van der Waals surface area (Å²) >= 11 is 6.35. The Bertz CT molecular complexity index is 1440. The summed E-state index contributed by atoms with van der Waals surface area (Å²) in [6, 6.07) is 9.10. The molecular weight excluding hydrogens is 506 g/mol. The zero-order chi connectivity index (χ0) is 26.4. The van der Waals surface area contributed by atoms with Crippen LogP contribution in [0.3, 0.4) is 0 Å². The van der Waals surface area contributed by atoms with Crippen LogP contribution >= 0.6 is 11.6 Å². The molecule has 0 atom stereocenters. The third-order valence-corrected chi connectivity index (χ3v) is 5.26. The minimum atomic E-state index is -0.891. The first kappa shape index (κ1) is 25.5. The number of fused-ring (bicyclic) bond motifs is 1. The number of carboxylic acids is 1. The number of carboxylic acid groups (broad SMARTS) is 1. The number of anilines is 2. The lowest BCUT2D eigenvalue weighted by molar-refractivity contribution is -0.137. The van der Waals surface area contributed by atoms with E-state index in [0.29, 0.717) is 46.0 Å². The van der Waals surface area contributed by atoms with Gasteiger partial charge < -0.3 is 29.2 Å². The van der Waals surface area contributed by atoms with Gasteiger partial charge in [0.2, 0.25) is 5.88 Å². The SMILES string of the molecule is COc1cc2c(Oc3ccc(NC(=O)Nc4cc(C)on4)c(Cl)c3)ncnc2cc1OCCCC(=O)O. The van der Waals surface area contributed by atoms with Crippen molar-refractivity contribution in [2.75, 3.05) is 24.4 Å². The van der Waals surface area contributed by atoms with E-state index in [2.05, 4.69) is 25.8 Å². The molecule has 2 amide bonds. The van der Waals surface area contributed by atoms with Crippen LogP contribution in [0.2, 0.25) is 5.02 Å². The molecule has 0 aliphatic heterocycles. The van der Waals surface area contributed by atoms with E-state index in [4.69, 9.17) is 35.4 Å². The fourth-order valence-corrected chi connectivity index (χ4v) is 3.48. The number of aliphatic carboxylic acids is 1. The van der Waals surface area contributed by atoms with Gasteiger partial charge in [0, 0.05) is 24.6 Å². The number of nitrogens with zero attached hydrogens (tertiary/aromatic N) is 3. The molecule has 3 N–H and O–H groups in total. The van der Waals surface area contributed by atoms with Crippen LogP contribution in [0, 0.1) is 6.92 Å². The van der Waals surface area contributed by atoms with Crippen molar-refractivity contribution in [2.24, 2.45) is 0 Å². The molecule has 37 heavy (non-hydrogen) atoms. The summed E-state index contributed by atoms with van der Waals surface area (Å²) in [5.74, 6) is 1.39. The molecule has 0 fully saturated rings. The molecule has 0 aliphatic rings. The van der Waals surface area contributed by atoms with E-state index in [-0.39, 0.29) is 29.7 Å². The second-order valence-corrected chi connectivity index (χ2v) is 8.10. The highest BCUT2D eigenvalue weighted by Crippen LogP contribution is 2.37. The van der Waals surface area contributed by atoms with Crippen molar-refractivity contribution in [3.63, 3.8) is 0 Å². The van der Waals surface area contributed by atoms with Gasteiger partial charge >= 0.3 is 12.0 Å². The number of methoxy groups -OCH3 is 1. The van der Waals surface area contributed by atoms with E-state index >= 15 is 0 Å². The van der Waals surface area contributed by atoms with E-state index in [1.54, 1.807) is 37.3 Å². The van der Waals surface area contributed by atoms with Gasteiger partial charge in [-0.05, 0) is 31.5 Å². The fraction of sp³-hybridized carbons (Fsp3) is 0.208. The van der Waals surface area contributed by atoms with Gasteiger partial charge in [0.25, 0.3) is 0 Å². The fourth-order valence-electron chi connectivity index (χ4n) is 3.27. The first-order valence-corrected chi connectivity index (χ1v) is 11.4. The zero-order valence-corrected chi connectivity index (χ0v) is 20.5. The Morgan fingerprint density at radius 1 is 1.11 bits per heavy atom. The lowest BCUT2D eigenvalue weighted by Crippen LogP contribution is -2.19. The Balaban J connectivity index is 1.48. The molecular formula is C24H22ClN5O7. The lowest BCUT2D eigenvalue weighted by atomic mass is 10.2. The second kappa shape index (κ2) is 11.4. The van der Waals surface area contributed by atoms with Crippen LogP contribution in [-0.2, 0) is 4.79 Å². The summed E-state index contributed by atoms with van der Waals surface area (Å²) in [6.45, 7) is 1.91. The number of aromatic nitrogens is 3. The number of amides is 2. The van der Waals surface area contributed by atoms with Crippen LogP contribution in [0.1, 0.15) is 18.6 Å². The monoisotopic (exact) mass is 527 g/mol. The van der Waals surface area contributed by atoms with E-state index < -0.39 is 12.0 Å². The van der Waals surface area contributed by atoms with Crippen LogP contribution in [0.5, 0.6) is 23.1 Å². The van der Waals surface area contributed by atoms with Crippen LogP contribution in [0.15, 0.2) is 47.2 Å². The Hall–Kier alpha value is -4.58. The third-order valence-electron chi connectivity index (χ3n) is 4.95. The van der Waals surface area contributed by atoms with Gasteiger partial charge in [0.1, 0.15) is 17.8 Å². The highest BCUT2D eigenvalue weighted by Gasteiger charge is 2.15. The van der Waals surface area contributed by atoms with E-state index in [0.717, 1.165) is 0 Å². The van der Waals surface area contributed by atoms with Crippen molar-refractivity contribution < 1.29 is 33.4 Å². The van der Waals surface area contributed by atoms with Crippen molar-refractivity contribution in [1.29, 1.82) is 0 Å². The number of hydrogen-bond acceptors (Lipinski definition) is 9. The van der Waals surface area contributed by atoms with Crippen molar-refractivity contribution >= 4 is 46.0 Å². The number of carbonyl (C=O) groups excluding carboxylic acids is 1. The van der Waals surface area contributed by atoms with E-state index in [1.165, 1.54) is 19.5 Å². The van der Waals surface area contributed by atoms with Crippen molar-refractivity contribution in [3.8, 4) is 23.1 Å². The Morgan fingerprint density at radius 2 is 1.95 bits per heavy atom. The predicted molar refractivity (Wildman–Crippen MR) is 134 cm³/mol. The molecule has 4 aromatic rings. The molecule has 12 nitrogen and oxygen atoms in total. The van der Waals surface area contributed by atoms with Gasteiger partial charge in [-0.25, -0.2) is 14.8 Å². The van der Waals surface area contributed by atoms with Gasteiger partial charge in [-0.1, -0.05) is 16.8 Å². The molecule has 0 bridgehead atoms. The van der Waals surface area contributed by atoms with Gasteiger partial charge in [-0.15, -0.1) is 0 Å². The number of rotatable bonds is 10. The predicted octanol–water partition coefficient (Wildman–Crippen LogP) is 5.27.